The van der Waals surface area contributed by atoms with Crippen LogP contribution in [0.2, 0.25) is 0 Å². The molecule has 0 aliphatic carbocycles. The average molecular weight is 294 g/mol. The molecule has 1 aromatic rings. The number of hydrogen-bond donors (Lipinski definition) is 3. The minimum atomic E-state index is -0.872. The zero-order valence-corrected chi connectivity index (χ0v) is 12.1. The van der Waals surface area contributed by atoms with E-state index in [0.29, 0.717) is 17.9 Å². The molecule has 1 aliphatic rings. The lowest BCUT2D eigenvalue weighted by molar-refractivity contribution is -0.121. The standard InChI is InChI=1S/C16H23FN2O2/c17-14-3-1-2-13(10-14)15(20)11-19-16(21)5-4-12-6-8-18-9-7-12/h1-3,10,12,15,18,20H,4-9,11H2,(H,19,21). The summed E-state index contributed by atoms with van der Waals surface area (Å²) in [4.78, 5) is 11.8. The van der Waals surface area contributed by atoms with Gasteiger partial charge in [-0.3, -0.25) is 4.79 Å². The van der Waals surface area contributed by atoms with E-state index >= 15 is 0 Å². The third kappa shape index (κ3) is 5.44. The molecule has 3 N–H and O–H groups in total. The Morgan fingerprint density at radius 1 is 1.43 bits per heavy atom. The van der Waals surface area contributed by atoms with Crippen molar-refractivity contribution in [3.05, 3.63) is 35.6 Å². The molecule has 1 unspecified atom stereocenters. The van der Waals surface area contributed by atoms with Gasteiger partial charge in [-0.15, -0.1) is 0 Å². The number of hydrogen-bond acceptors (Lipinski definition) is 3. The smallest absolute Gasteiger partial charge is 0.220 e. The van der Waals surface area contributed by atoms with Crippen LogP contribution in [0.1, 0.15) is 37.4 Å². The third-order valence-corrected chi connectivity index (χ3v) is 3.96. The van der Waals surface area contributed by atoms with Crippen LogP contribution in [0.5, 0.6) is 0 Å². The fourth-order valence-corrected chi connectivity index (χ4v) is 2.64. The molecular weight excluding hydrogens is 271 g/mol. The van der Waals surface area contributed by atoms with Gasteiger partial charge in [-0.25, -0.2) is 4.39 Å². The first kappa shape index (κ1) is 15.9. The van der Waals surface area contributed by atoms with Crippen molar-refractivity contribution in [3.8, 4) is 0 Å². The maximum absolute atomic E-state index is 13.0. The molecule has 0 bridgehead atoms. The molecule has 4 nitrogen and oxygen atoms in total. The second-order valence-corrected chi connectivity index (χ2v) is 5.61. The van der Waals surface area contributed by atoms with E-state index in [9.17, 15) is 14.3 Å². The Balaban J connectivity index is 1.68. The number of aliphatic hydroxyl groups is 1. The zero-order valence-electron chi connectivity index (χ0n) is 12.1. The Morgan fingerprint density at radius 2 is 2.19 bits per heavy atom. The number of piperidine rings is 1. The van der Waals surface area contributed by atoms with Gasteiger partial charge in [-0.2, -0.15) is 0 Å². The molecule has 0 spiro atoms. The second-order valence-electron chi connectivity index (χ2n) is 5.61. The Bertz CT molecular complexity index is 461. The molecule has 1 saturated heterocycles. The van der Waals surface area contributed by atoms with Crippen molar-refractivity contribution in [2.24, 2.45) is 5.92 Å². The van der Waals surface area contributed by atoms with E-state index in [2.05, 4.69) is 10.6 Å². The Morgan fingerprint density at radius 3 is 2.90 bits per heavy atom. The van der Waals surface area contributed by atoms with E-state index in [1.54, 1.807) is 12.1 Å². The largest absolute Gasteiger partial charge is 0.387 e. The van der Waals surface area contributed by atoms with Crippen LogP contribution >= 0.6 is 0 Å². The SMILES string of the molecule is O=C(CCC1CCNCC1)NCC(O)c1cccc(F)c1. The molecule has 2 rings (SSSR count). The van der Waals surface area contributed by atoms with Crippen molar-refractivity contribution in [3.63, 3.8) is 0 Å². The lowest BCUT2D eigenvalue weighted by atomic mass is 9.93. The summed E-state index contributed by atoms with van der Waals surface area (Å²) in [7, 11) is 0. The molecule has 1 aliphatic heterocycles. The molecule has 0 radical (unpaired) electrons. The first-order valence-electron chi connectivity index (χ1n) is 7.56. The predicted molar refractivity (Wildman–Crippen MR) is 79.2 cm³/mol. The maximum atomic E-state index is 13.0. The van der Waals surface area contributed by atoms with Crippen LogP contribution in [-0.4, -0.2) is 30.6 Å². The van der Waals surface area contributed by atoms with Gasteiger partial charge < -0.3 is 15.7 Å². The summed E-state index contributed by atoms with van der Waals surface area (Å²) < 4.78 is 13.0. The number of benzene rings is 1. The molecular formula is C16H23FN2O2. The molecule has 21 heavy (non-hydrogen) atoms. The van der Waals surface area contributed by atoms with Crippen LogP contribution in [0.4, 0.5) is 4.39 Å². The number of halogens is 1. The summed E-state index contributed by atoms with van der Waals surface area (Å²) in [6, 6.07) is 5.81. The van der Waals surface area contributed by atoms with E-state index in [4.69, 9.17) is 0 Å². The highest BCUT2D eigenvalue weighted by Gasteiger charge is 2.15. The Kier molecular flexibility index (Phi) is 6.14. The van der Waals surface area contributed by atoms with Crippen molar-refractivity contribution < 1.29 is 14.3 Å². The number of aliphatic hydroxyl groups excluding tert-OH is 1. The highest BCUT2D eigenvalue weighted by atomic mass is 19.1. The van der Waals surface area contributed by atoms with Crippen LogP contribution in [0.25, 0.3) is 0 Å². The molecule has 1 amide bonds. The maximum Gasteiger partial charge on any atom is 0.220 e. The van der Waals surface area contributed by atoms with Crippen LogP contribution in [0.15, 0.2) is 24.3 Å². The van der Waals surface area contributed by atoms with Gasteiger partial charge in [0.1, 0.15) is 5.82 Å². The molecule has 5 heteroatoms. The van der Waals surface area contributed by atoms with Gasteiger partial charge in [0.05, 0.1) is 6.10 Å². The van der Waals surface area contributed by atoms with Gasteiger partial charge in [-0.05, 0) is 56.0 Å². The molecule has 1 atom stereocenters. The number of nitrogens with one attached hydrogen (secondary N) is 2. The predicted octanol–water partition coefficient (Wildman–Crippen LogP) is 1.76. The highest BCUT2D eigenvalue weighted by molar-refractivity contribution is 5.75. The van der Waals surface area contributed by atoms with E-state index in [1.165, 1.54) is 12.1 Å². The minimum Gasteiger partial charge on any atom is -0.387 e. The van der Waals surface area contributed by atoms with Crippen molar-refractivity contribution >= 4 is 5.91 Å². The number of rotatable bonds is 6. The van der Waals surface area contributed by atoms with Crippen LogP contribution < -0.4 is 10.6 Å². The molecule has 116 valence electrons. The van der Waals surface area contributed by atoms with Crippen molar-refractivity contribution in [1.82, 2.24) is 10.6 Å². The summed E-state index contributed by atoms with van der Waals surface area (Å²) in [6.45, 7) is 2.18. The minimum absolute atomic E-state index is 0.0519. The van der Waals surface area contributed by atoms with Gasteiger partial charge in [-0.1, -0.05) is 12.1 Å². The van der Waals surface area contributed by atoms with Crippen LogP contribution in [-0.2, 0) is 4.79 Å². The molecule has 0 aromatic heterocycles. The summed E-state index contributed by atoms with van der Waals surface area (Å²) in [5.41, 5.74) is 0.480. The fraction of sp³-hybridized carbons (Fsp3) is 0.562. The summed E-state index contributed by atoms with van der Waals surface area (Å²) >= 11 is 0. The van der Waals surface area contributed by atoms with Gasteiger partial charge in [0.15, 0.2) is 0 Å². The Hall–Kier alpha value is -1.46. The Labute approximate surface area is 124 Å². The fourth-order valence-electron chi connectivity index (χ4n) is 2.64. The molecule has 1 aromatic carbocycles. The summed E-state index contributed by atoms with van der Waals surface area (Å²) in [5.74, 6) is 0.179. The third-order valence-electron chi connectivity index (χ3n) is 3.96. The summed E-state index contributed by atoms with van der Waals surface area (Å²) in [6.07, 6.45) is 2.76. The number of amides is 1. The highest BCUT2D eigenvalue weighted by Crippen LogP contribution is 2.18. The van der Waals surface area contributed by atoms with Gasteiger partial charge in [0, 0.05) is 13.0 Å². The normalized spacial score (nSPS) is 17.4. The lowest BCUT2D eigenvalue weighted by Crippen LogP contribution is -2.31. The topological polar surface area (TPSA) is 61.4 Å². The first-order chi connectivity index (χ1) is 10.1. The van der Waals surface area contributed by atoms with Gasteiger partial charge in [0.2, 0.25) is 5.91 Å². The number of carbonyl (C=O) groups is 1. The van der Waals surface area contributed by atoms with Crippen molar-refractivity contribution in [2.45, 2.75) is 31.8 Å². The van der Waals surface area contributed by atoms with E-state index in [-0.39, 0.29) is 18.3 Å². The lowest BCUT2D eigenvalue weighted by Gasteiger charge is -2.22. The van der Waals surface area contributed by atoms with Crippen LogP contribution in [0, 0.1) is 11.7 Å². The van der Waals surface area contributed by atoms with Gasteiger partial charge in [0.25, 0.3) is 0 Å². The van der Waals surface area contributed by atoms with Gasteiger partial charge >= 0.3 is 0 Å². The second kappa shape index (κ2) is 8.10. The molecule has 0 saturated carbocycles. The van der Waals surface area contributed by atoms with Crippen molar-refractivity contribution in [2.75, 3.05) is 19.6 Å². The number of carbonyl (C=O) groups excluding carboxylic acids is 1. The zero-order chi connectivity index (χ0) is 15.1. The van der Waals surface area contributed by atoms with Crippen LogP contribution in [0.3, 0.4) is 0 Å². The monoisotopic (exact) mass is 294 g/mol. The van der Waals surface area contributed by atoms with E-state index in [0.717, 1.165) is 32.4 Å². The quantitative estimate of drug-likeness (QED) is 0.749. The summed E-state index contributed by atoms with van der Waals surface area (Å²) in [5, 5.41) is 15.9. The first-order valence-corrected chi connectivity index (χ1v) is 7.56. The molecule has 1 fully saturated rings. The molecule has 1 heterocycles. The van der Waals surface area contributed by atoms with E-state index in [1.807, 2.05) is 0 Å². The van der Waals surface area contributed by atoms with Crippen molar-refractivity contribution in [1.29, 1.82) is 0 Å². The van der Waals surface area contributed by atoms with E-state index < -0.39 is 6.10 Å². The average Bonchev–Trinajstić information content (AvgIpc) is 2.51.